The maximum atomic E-state index is 12.2. The van der Waals surface area contributed by atoms with Gasteiger partial charge in [-0.25, -0.2) is 17.9 Å². The van der Waals surface area contributed by atoms with Crippen LogP contribution in [0.1, 0.15) is 17.3 Å². The molecule has 1 aromatic carbocycles. The van der Waals surface area contributed by atoms with Crippen molar-refractivity contribution < 1.29 is 23.1 Å². The lowest BCUT2D eigenvalue weighted by atomic mass is 10.2. The summed E-state index contributed by atoms with van der Waals surface area (Å²) in [5, 5.41) is 8.90. The first-order chi connectivity index (χ1) is 9.31. The average Bonchev–Trinajstić information content (AvgIpc) is 2.43. The van der Waals surface area contributed by atoms with Crippen LogP contribution in [0.3, 0.4) is 0 Å². The van der Waals surface area contributed by atoms with Crippen molar-refractivity contribution in [2.75, 3.05) is 26.0 Å². The van der Waals surface area contributed by atoms with Gasteiger partial charge in [-0.3, -0.25) is 0 Å². The number of esters is 1. The van der Waals surface area contributed by atoms with E-state index in [0.717, 1.165) is 7.11 Å². The van der Waals surface area contributed by atoms with Gasteiger partial charge >= 0.3 is 5.97 Å². The molecule has 0 radical (unpaired) electrons. The van der Waals surface area contributed by atoms with Crippen LogP contribution in [0.15, 0.2) is 23.1 Å². The van der Waals surface area contributed by atoms with Gasteiger partial charge < -0.3 is 15.6 Å². The molecular formula is C12H18N2O5S. The Morgan fingerprint density at radius 2 is 2.15 bits per heavy atom. The van der Waals surface area contributed by atoms with Gasteiger partial charge in [-0.1, -0.05) is 6.92 Å². The Kier molecular flexibility index (Phi) is 5.49. The number of hydrogen-bond donors (Lipinski definition) is 3. The van der Waals surface area contributed by atoms with E-state index in [-0.39, 0.29) is 35.2 Å². The number of anilines is 1. The molecule has 0 saturated heterocycles. The van der Waals surface area contributed by atoms with E-state index in [1.165, 1.54) is 18.2 Å². The summed E-state index contributed by atoms with van der Waals surface area (Å²) in [4.78, 5) is 11.4. The van der Waals surface area contributed by atoms with Gasteiger partial charge in [0.25, 0.3) is 0 Å². The number of carbonyl (C=O) groups is 1. The van der Waals surface area contributed by atoms with Crippen molar-refractivity contribution in [3.05, 3.63) is 23.8 Å². The third-order valence-electron chi connectivity index (χ3n) is 2.63. The molecule has 1 unspecified atom stereocenters. The van der Waals surface area contributed by atoms with E-state index in [0.29, 0.717) is 0 Å². The average molecular weight is 302 g/mol. The number of aliphatic hydroxyl groups excluding tert-OH is 1. The SMILES string of the molecule is COC(=O)c1ccc(N)cc1S(=O)(=O)NCC(C)CO. The Balaban J connectivity index is 3.16. The summed E-state index contributed by atoms with van der Waals surface area (Å²) >= 11 is 0. The number of nitrogens with two attached hydrogens (primary N) is 1. The molecule has 0 fully saturated rings. The van der Waals surface area contributed by atoms with E-state index in [2.05, 4.69) is 9.46 Å². The fourth-order valence-electron chi connectivity index (χ4n) is 1.43. The number of carbonyl (C=O) groups excluding carboxylic acids is 1. The summed E-state index contributed by atoms with van der Waals surface area (Å²) in [5.74, 6) is -1.01. The van der Waals surface area contributed by atoms with Gasteiger partial charge in [0.05, 0.1) is 17.6 Å². The van der Waals surface area contributed by atoms with E-state index in [1.54, 1.807) is 6.92 Å². The van der Waals surface area contributed by atoms with Crippen LogP contribution in [0.4, 0.5) is 5.69 Å². The highest BCUT2D eigenvalue weighted by Crippen LogP contribution is 2.20. The van der Waals surface area contributed by atoms with Gasteiger partial charge in [0.15, 0.2) is 0 Å². The molecule has 1 atom stereocenters. The highest BCUT2D eigenvalue weighted by atomic mass is 32.2. The van der Waals surface area contributed by atoms with Gasteiger partial charge in [0.1, 0.15) is 0 Å². The number of hydrogen-bond acceptors (Lipinski definition) is 6. The summed E-state index contributed by atoms with van der Waals surface area (Å²) in [5.41, 5.74) is 5.69. The van der Waals surface area contributed by atoms with E-state index in [4.69, 9.17) is 10.8 Å². The second-order valence-electron chi connectivity index (χ2n) is 4.39. The Morgan fingerprint density at radius 3 is 2.70 bits per heavy atom. The third kappa shape index (κ3) is 3.92. The lowest BCUT2D eigenvalue weighted by Gasteiger charge is -2.13. The molecule has 0 heterocycles. The Hall–Kier alpha value is -1.64. The lowest BCUT2D eigenvalue weighted by Crippen LogP contribution is -2.31. The quantitative estimate of drug-likeness (QED) is 0.501. The molecule has 0 aromatic heterocycles. The molecule has 0 bridgehead atoms. The summed E-state index contributed by atoms with van der Waals surface area (Å²) in [6.07, 6.45) is 0. The zero-order valence-corrected chi connectivity index (χ0v) is 12.1. The van der Waals surface area contributed by atoms with Crippen LogP contribution in [0.2, 0.25) is 0 Å². The van der Waals surface area contributed by atoms with E-state index < -0.39 is 16.0 Å². The van der Waals surface area contributed by atoms with Crippen molar-refractivity contribution in [1.82, 2.24) is 4.72 Å². The first-order valence-electron chi connectivity index (χ1n) is 5.90. The predicted octanol–water partition coefficient (Wildman–Crippen LogP) is -0.0379. The van der Waals surface area contributed by atoms with Crippen molar-refractivity contribution in [1.29, 1.82) is 0 Å². The zero-order chi connectivity index (χ0) is 15.3. The first kappa shape index (κ1) is 16.4. The molecule has 4 N–H and O–H groups in total. The lowest BCUT2D eigenvalue weighted by molar-refractivity contribution is 0.0596. The van der Waals surface area contributed by atoms with Crippen molar-refractivity contribution in [2.45, 2.75) is 11.8 Å². The Morgan fingerprint density at radius 1 is 1.50 bits per heavy atom. The molecule has 0 aliphatic rings. The summed E-state index contributed by atoms with van der Waals surface area (Å²) in [6, 6.07) is 3.91. The van der Waals surface area contributed by atoms with E-state index in [9.17, 15) is 13.2 Å². The number of rotatable bonds is 6. The maximum Gasteiger partial charge on any atom is 0.339 e. The van der Waals surface area contributed by atoms with Crippen molar-refractivity contribution in [3.63, 3.8) is 0 Å². The van der Waals surface area contributed by atoms with Gasteiger partial charge in [-0.05, 0) is 24.1 Å². The Labute approximate surface area is 117 Å². The number of sulfonamides is 1. The summed E-state index contributed by atoms with van der Waals surface area (Å²) in [6.45, 7) is 1.58. The molecule has 0 aliphatic carbocycles. The molecule has 0 aliphatic heterocycles. The topological polar surface area (TPSA) is 119 Å². The van der Waals surface area contributed by atoms with Crippen LogP contribution in [0.25, 0.3) is 0 Å². The predicted molar refractivity (Wildman–Crippen MR) is 73.6 cm³/mol. The molecule has 0 saturated carbocycles. The van der Waals surface area contributed by atoms with Gasteiger partial charge in [0.2, 0.25) is 10.0 Å². The van der Waals surface area contributed by atoms with Crippen LogP contribution >= 0.6 is 0 Å². The molecule has 1 aromatic rings. The number of aliphatic hydroxyl groups is 1. The molecule has 1 rings (SSSR count). The largest absolute Gasteiger partial charge is 0.465 e. The molecule has 0 amide bonds. The van der Waals surface area contributed by atoms with Crippen molar-refractivity contribution in [3.8, 4) is 0 Å². The smallest absolute Gasteiger partial charge is 0.339 e. The first-order valence-corrected chi connectivity index (χ1v) is 7.38. The molecule has 20 heavy (non-hydrogen) atoms. The fourth-order valence-corrected chi connectivity index (χ4v) is 2.83. The van der Waals surface area contributed by atoms with Crippen molar-refractivity contribution >= 4 is 21.7 Å². The van der Waals surface area contributed by atoms with Crippen LogP contribution in [0.5, 0.6) is 0 Å². The van der Waals surface area contributed by atoms with Crippen molar-refractivity contribution in [2.24, 2.45) is 5.92 Å². The fraction of sp³-hybridized carbons (Fsp3) is 0.417. The maximum absolute atomic E-state index is 12.2. The highest BCUT2D eigenvalue weighted by Gasteiger charge is 2.23. The number of ether oxygens (including phenoxy) is 1. The number of nitrogen functional groups attached to an aromatic ring is 1. The third-order valence-corrected chi connectivity index (χ3v) is 4.10. The zero-order valence-electron chi connectivity index (χ0n) is 11.3. The highest BCUT2D eigenvalue weighted by molar-refractivity contribution is 7.89. The molecular weight excluding hydrogens is 284 g/mol. The van der Waals surface area contributed by atoms with Gasteiger partial charge in [-0.15, -0.1) is 0 Å². The van der Waals surface area contributed by atoms with Crippen LogP contribution in [0, 0.1) is 5.92 Å². The van der Waals surface area contributed by atoms with E-state index in [1.807, 2.05) is 0 Å². The van der Waals surface area contributed by atoms with Crippen LogP contribution in [-0.4, -0.2) is 39.8 Å². The minimum Gasteiger partial charge on any atom is -0.465 e. The standard InChI is InChI=1S/C12H18N2O5S/c1-8(7-15)6-14-20(17,18)11-5-9(13)3-4-10(11)12(16)19-2/h3-5,8,14-15H,6-7,13H2,1-2H3. The second kappa shape index (κ2) is 6.69. The minimum atomic E-state index is -3.92. The number of methoxy groups -OCH3 is 1. The molecule has 0 spiro atoms. The normalized spacial score (nSPS) is 12.9. The number of benzene rings is 1. The van der Waals surface area contributed by atoms with Gasteiger partial charge in [0, 0.05) is 18.8 Å². The van der Waals surface area contributed by atoms with Crippen LogP contribution in [-0.2, 0) is 14.8 Å². The second-order valence-corrected chi connectivity index (χ2v) is 6.12. The molecule has 7 nitrogen and oxygen atoms in total. The molecule has 8 heteroatoms. The Bertz CT molecular complexity index is 586. The summed E-state index contributed by atoms with van der Waals surface area (Å²) in [7, 11) is -2.75. The van der Waals surface area contributed by atoms with Crippen LogP contribution < -0.4 is 10.5 Å². The van der Waals surface area contributed by atoms with E-state index >= 15 is 0 Å². The monoisotopic (exact) mass is 302 g/mol. The number of nitrogens with one attached hydrogen (secondary N) is 1. The minimum absolute atomic E-state index is 0.0498. The summed E-state index contributed by atoms with van der Waals surface area (Å²) < 4.78 is 31.2. The molecule has 112 valence electrons. The van der Waals surface area contributed by atoms with Gasteiger partial charge in [-0.2, -0.15) is 0 Å².